The van der Waals surface area contributed by atoms with Gasteiger partial charge in [0, 0.05) is 28.7 Å². The van der Waals surface area contributed by atoms with E-state index in [1.807, 2.05) is 33.0 Å². The molecule has 2 heterocycles. The number of benzene rings is 1. The molecule has 2 aromatic heterocycles. The maximum absolute atomic E-state index is 13.1. The Hall–Kier alpha value is -1.28. The smallest absolute Gasteiger partial charge is 0.148 e. The number of hydrogen-bond donors (Lipinski definition) is 1. The first kappa shape index (κ1) is 26.3. The van der Waals surface area contributed by atoms with Crippen molar-refractivity contribution >= 4 is 46.3 Å². The van der Waals surface area contributed by atoms with Gasteiger partial charge in [0.2, 0.25) is 0 Å². The predicted octanol–water partition coefficient (Wildman–Crippen LogP) is 7.93. The van der Waals surface area contributed by atoms with Crippen LogP contribution in [-0.2, 0) is 17.8 Å². The summed E-state index contributed by atoms with van der Waals surface area (Å²) in [6.45, 7) is 6.10. The van der Waals surface area contributed by atoms with Crippen LogP contribution in [0.25, 0.3) is 0 Å². The lowest BCUT2D eigenvalue weighted by Gasteiger charge is -2.42. The molecule has 8 heteroatoms. The van der Waals surface area contributed by atoms with Crippen molar-refractivity contribution in [2.75, 3.05) is 0 Å². The van der Waals surface area contributed by atoms with E-state index in [0.29, 0.717) is 16.1 Å². The molecule has 0 saturated heterocycles. The SMILES string of the molecule is CC(C)(C)[S@@+]([O-])NC1c2ccccc2CC12CCC(c1ccc(Sc3ccnc(Cl)c3Cl)nc1)CC2. The maximum Gasteiger partial charge on any atom is 0.148 e. The molecule has 1 fully saturated rings. The Kier molecular flexibility index (Phi) is 7.66. The molecule has 4 nitrogen and oxygen atoms in total. The van der Waals surface area contributed by atoms with Crippen LogP contribution < -0.4 is 4.72 Å². The molecule has 0 bridgehead atoms. The maximum atomic E-state index is 13.1. The predicted molar refractivity (Wildman–Crippen MR) is 150 cm³/mol. The third kappa shape index (κ3) is 5.31. The average Bonchev–Trinajstić information content (AvgIpc) is 3.15. The Morgan fingerprint density at radius 3 is 2.50 bits per heavy atom. The fourth-order valence-electron chi connectivity index (χ4n) is 5.54. The van der Waals surface area contributed by atoms with Gasteiger partial charge in [-0.05, 0) is 93.0 Å². The normalized spacial score (nSPS) is 24.6. The fourth-order valence-corrected chi connectivity index (χ4v) is 7.71. The fraction of sp³-hybridized carbons (Fsp3) is 0.429. The highest BCUT2D eigenvalue weighted by Gasteiger charge is 2.50. The van der Waals surface area contributed by atoms with Gasteiger partial charge in [-0.15, -0.1) is 4.72 Å². The molecule has 1 spiro atoms. The van der Waals surface area contributed by atoms with Gasteiger partial charge in [0.15, 0.2) is 0 Å². The van der Waals surface area contributed by atoms with Gasteiger partial charge in [-0.3, -0.25) is 0 Å². The van der Waals surface area contributed by atoms with Crippen LogP contribution in [-0.4, -0.2) is 19.3 Å². The van der Waals surface area contributed by atoms with Gasteiger partial charge in [0.25, 0.3) is 0 Å². The van der Waals surface area contributed by atoms with Gasteiger partial charge in [-0.25, -0.2) is 9.97 Å². The molecule has 0 aliphatic heterocycles. The number of nitrogens with zero attached hydrogens (tertiary/aromatic N) is 2. The lowest BCUT2D eigenvalue weighted by atomic mass is 9.66. The summed E-state index contributed by atoms with van der Waals surface area (Å²) >= 11 is 12.7. The van der Waals surface area contributed by atoms with Crippen molar-refractivity contribution in [2.45, 2.75) is 79.5 Å². The van der Waals surface area contributed by atoms with E-state index >= 15 is 0 Å². The lowest BCUT2D eigenvalue weighted by Crippen LogP contribution is -2.46. The topological polar surface area (TPSA) is 60.9 Å². The van der Waals surface area contributed by atoms with Gasteiger partial charge in [-0.1, -0.05) is 65.3 Å². The van der Waals surface area contributed by atoms with Gasteiger partial charge in [0.05, 0.1) is 11.1 Å². The number of rotatable bonds is 5. The number of aromatic nitrogens is 2. The van der Waals surface area contributed by atoms with Crippen molar-refractivity contribution in [3.63, 3.8) is 0 Å². The summed E-state index contributed by atoms with van der Waals surface area (Å²) in [5.74, 6) is 0.485. The monoisotopic (exact) mass is 559 g/mol. The minimum absolute atomic E-state index is 0.113. The minimum Gasteiger partial charge on any atom is -0.598 e. The zero-order chi connectivity index (χ0) is 25.5. The summed E-state index contributed by atoms with van der Waals surface area (Å²) < 4.78 is 16.4. The van der Waals surface area contributed by atoms with Crippen LogP contribution >= 0.6 is 35.0 Å². The largest absolute Gasteiger partial charge is 0.598 e. The molecule has 1 N–H and O–H groups in total. The standard InChI is InChI=1S/C28H31Cl2N3OS2/c1-27(2,3)36(34)33-25-21-7-5-4-6-19(21)16-28(25)13-10-18(11-14-28)20-8-9-23(32-17-20)35-22-12-15-31-26(30)24(22)29/h4-9,12,15,17-18,25,33H,10-11,13-14,16H2,1-3H3/t18?,25?,28?,36-/m1/s1. The third-order valence-corrected chi connectivity index (χ3v) is 11.0. The number of nitrogens with one attached hydrogen (secondary N) is 1. The minimum atomic E-state index is -1.11. The second-order valence-electron chi connectivity index (χ2n) is 10.9. The van der Waals surface area contributed by atoms with Crippen LogP contribution in [0, 0.1) is 5.41 Å². The Balaban J connectivity index is 1.29. The van der Waals surface area contributed by atoms with Crippen molar-refractivity contribution in [1.29, 1.82) is 0 Å². The average molecular weight is 561 g/mol. The van der Waals surface area contributed by atoms with E-state index < -0.39 is 11.4 Å². The van der Waals surface area contributed by atoms with Crippen LogP contribution in [0.4, 0.5) is 0 Å². The molecule has 2 aliphatic rings. The molecule has 1 aromatic carbocycles. The van der Waals surface area contributed by atoms with Crippen molar-refractivity contribution in [2.24, 2.45) is 5.41 Å². The van der Waals surface area contributed by atoms with Crippen molar-refractivity contribution in [3.05, 3.63) is 81.7 Å². The van der Waals surface area contributed by atoms with E-state index in [0.717, 1.165) is 42.0 Å². The van der Waals surface area contributed by atoms with Gasteiger partial charge in [-0.2, -0.15) is 0 Å². The highest BCUT2D eigenvalue weighted by Crippen LogP contribution is 2.56. The molecule has 0 amide bonds. The molecular formula is C28H31Cl2N3OS2. The van der Waals surface area contributed by atoms with E-state index in [9.17, 15) is 4.55 Å². The summed E-state index contributed by atoms with van der Waals surface area (Å²) in [5, 5.41) is 1.65. The Morgan fingerprint density at radius 1 is 1.06 bits per heavy atom. The molecule has 5 rings (SSSR count). The second kappa shape index (κ2) is 10.5. The van der Waals surface area contributed by atoms with Crippen molar-refractivity contribution in [3.8, 4) is 0 Å². The van der Waals surface area contributed by atoms with Crippen LogP contribution in [0.1, 0.15) is 75.1 Å². The number of fused-ring (bicyclic) bond motifs is 1. The molecule has 190 valence electrons. The molecule has 0 radical (unpaired) electrons. The third-order valence-electron chi connectivity index (χ3n) is 7.54. The number of hydrogen-bond acceptors (Lipinski definition) is 5. The van der Waals surface area contributed by atoms with Gasteiger partial charge < -0.3 is 4.55 Å². The first-order valence-corrected chi connectivity index (χ1v) is 15.1. The zero-order valence-electron chi connectivity index (χ0n) is 20.8. The zero-order valence-corrected chi connectivity index (χ0v) is 23.9. The van der Waals surface area contributed by atoms with E-state index in [4.69, 9.17) is 28.2 Å². The Bertz CT molecular complexity index is 1220. The molecule has 1 unspecified atom stereocenters. The molecule has 2 atom stereocenters. The van der Waals surface area contributed by atoms with Crippen LogP contribution in [0.15, 0.2) is 64.8 Å². The van der Waals surface area contributed by atoms with Gasteiger partial charge in [0.1, 0.15) is 14.9 Å². The summed E-state index contributed by atoms with van der Waals surface area (Å²) in [5.41, 5.74) is 4.12. The Labute approximate surface area is 231 Å². The molecule has 2 aliphatic carbocycles. The van der Waals surface area contributed by atoms with E-state index in [-0.39, 0.29) is 16.2 Å². The first-order chi connectivity index (χ1) is 17.2. The first-order valence-electron chi connectivity index (χ1n) is 12.4. The molecular weight excluding hydrogens is 529 g/mol. The van der Waals surface area contributed by atoms with E-state index in [2.05, 4.69) is 46.1 Å². The highest BCUT2D eigenvalue weighted by atomic mass is 35.5. The molecule has 3 aromatic rings. The highest BCUT2D eigenvalue weighted by molar-refractivity contribution is 7.99. The van der Waals surface area contributed by atoms with Crippen LogP contribution in [0.5, 0.6) is 0 Å². The van der Waals surface area contributed by atoms with E-state index in [1.165, 1.54) is 28.5 Å². The summed E-state index contributed by atoms with van der Waals surface area (Å²) in [7, 11) is 0. The Morgan fingerprint density at radius 2 is 1.81 bits per heavy atom. The van der Waals surface area contributed by atoms with Crippen molar-refractivity contribution < 1.29 is 4.55 Å². The number of pyridine rings is 2. The quantitative estimate of drug-likeness (QED) is 0.254. The lowest BCUT2D eigenvalue weighted by molar-refractivity contribution is 0.140. The van der Waals surface area contributed by atoms with Gasteiger partial charge >= 0.3 is 0 Å². The summed E-state index contributed by atoms with van der Waals surface area (Å²) in [6, 6.07) is 14.9. The molecule has 36 heavy (non-hydrogen) atoms. The summed E-state index contributed by atoms with van der Waals surface area (Å²) in [6.07, 6.45) is 9.14. The van der Waals surface area contributed by atoms with E-state index in [1.54, 1.807) is 6.20 Å². The summed E-state index contributed by atoms with van der Waals surface area (Å²) in [4.78, 5) is 9.57. The number of halogens is 2. The molecule has 1 saturated carbocycles. The second-order valence-corrected chi connectivity index (χ2v) is 14.7. The van der Waals surface area contributed by atoms with Crippen molar-refractivity contribution in [1.82, 2.24) is 14.7 Å². The van der Waals surface area contributed by atoms with Crippen LogP contribution in [0.2, 0.25) is 10.2 Å². The van der Waals surface area contributed by atoms with Crippen LogP contribution in [0.3, 0.4) is 0 Å².